The Morgan fingerprint density at radius 1 is 0.909 bits per heavy atom. The van der Waals surface area contributed by atoms with Gasteiger partial charge in [-0.3, -0.25) is 0 Å². The number of aliphatic hydroxyl groups is 2. The molecule has 4 fully saturated rings. The van der Waals surface area contributed by atoms with Gasteiger partial charge in [-0.1, -0.05) is 63.9 Å². The molecule has 2 aromatic rings. The van der Waals surface area contributed by atoms with E-state index in [0.717, 1.165) is 55.7 Å². The van der Waals surface area contributed by atoms with Gasteiger partial charge in [-0.25, -0.2) is 17.9 Å². The van der Waals surface area contributed by atoms with Gasteiger partial charge in [0.25, 0.3) is 10.0 Å². The first-order valence-electron chi connectivity index (χ1n) is 17.1. The highest BCUT2D eigenvalue weighted by molar-refractivity contribution is 7.90. The van der Waals surface area contributed by atoms with Crippen molar-refractivity contribution in [3.05, 3.63) is 42.5 Å². The Kier molecular flexibility index (Phi) is 8.83. The summed E-state index contributed by atoms with van der Waals surface area (Å²) in [6.07, 6.45) is 11.0. The van der Waals surface area contributed by atoms with Crippen LogP contribution in [0.15, 0.2) is 47.4 Å². The lowest BCUT2D eigenvalue weighted by atomic mass is 9.41. The van der Waals surface area contributed by atoms with Crippen LogP contribution >= 0.6 is 0 Å². The zero-order chi connectivity index (χ0) is 31.3. The van der Waals surface area contributed by atoms with Gasteiger partial charge in [0, 0.05) is 6.54 Å². The first-order chi connectivity index (χ1) is 21.0. The Balaban J connectivity index is 1.01. The number of hydrogen-bond donors (Lipinski definition) is 4. The number of sulfonamides is 1. The van der Waals surface area contributed by atoms with E-state index in [-0.39, 0.29) is 33.9 Å². The van der Waals surface area contributed by atoms with Crippen molar-refractivity contribution in [1.82, 2.24) is 10.0 Å². The molecule has 4 saturated carbocycles. The van der Waals surface area contributed by atoms with Gasteiger partial charge in [0.2, 0.25) is 0 Å². The SMILES string of the molecule is CC[C@H]1[C@@H](O)[C@H]2[C@@H]3CC[C@H](CCCCNC(=O)NS(=O)(=O)c4ccc5ccccc5c4)C3(C)CC[C@@H]2[C@@]2(C)CC[C@@H](O)C[C@@H]12. The number of nitrogens with one attached hydrogen (secondary N) is 2. The summed E-state index contributed by atoms with van der Waals surface area (Å²) >= 11 is 0. The lowest BCUT2D eigenvalue weighted by Crippen LogP contribution is -2.62. The van der Waals surface area contributed by atoms with Crippen LogP contribution < -0.4 is 10.0 Å². The third-order valence-corrected chi connectivity index (χ3v) is 14.4. The van der Waals surface area contributed by atoms with Gasteiger partial charge in [-0.15, -0.1) is 0 Å². The number of aliphatic hydroxyl groups excluding tert-OH is 2. The van der Waals surface area contributed by atoms with Crippen LogP contribution in [0.3, 0.4) is 0 Å². The number of unbranched alkanes of at least 4 members (excludes halogenated alkanes) is 1. The summed E-state index contributed by atoms with van der Waals surface area (Å²) in [7, 11) is -3.96. The van der Waals surface area contributed by atoms with Crippen LogP contribution in [0.4, 0.5) is 4.79 Å². The average molecular weight is 625 g/mol. The third kappa shape index (κ3) is 5.57. The normalized spacial score (nSPS) is 38.4. The second-order valence-electron chi connectivity index (χ2n) is 15.1. The maximum Gasteiger partial charge on any atom is 0.328 e. The zero-order valence-electron chi connectivity index (χ0n) is 26.7. The second-order valence-corrected chi connectivity index (χ2v) is 16.8. The van der Waals surface area contributed by atoms with Gasteiger partial charge in [0.15, 0.2) is 0 Å². The number of carbonyl (C=O) groups is 1. The highest BCUT2D eigenvalue weighted by atomic mass is 32.2. The summed E-state index contributed by atoms with van der Waals surface area (Å²) < 4.78 is 27.7. The standard InChI is InChI=1S/C36H52N2O5S/c1-4-28-31-22-26(39)16-18-36(31,3)30-17-19-35(2)25(13-15-29(35)32(30)33(28)40)11-7-8-20-37-34(41)38-44(42,43)27-14-12-23-9-5-6-10-24(23)21-27/h5-6,9-10,12,14,21,25-26,28-33,39-40H,4,7-8,11,13,15-20,22H2,1-3H3,(H2,37,38,41)/t25-,26+,28+,29-,30-,31-,32-,33+,35?,36+/m0/s1. The molecule has 4 aliphatic rings. The minimum Gasteiger partial charge on any atom is -0.393 e. The van der Waals surface area contributed by atoms with Crippen LogP contribution in [0.2, 0.25) is 0 Å². The van der Waals surface area contributed by atoms with E-state index >= 15 is 0 Å². The van der Waals surface area contributed by atoms with Gasteiger partial charge in [-0.2, -0.15) is 0 Å². The minimum atomic E-state index is -3.96. The lowest BCUT2D eigenvalue weighted by molar-refractivity contribution is -0.202. The summed E-state index contributed by atoms with van der Waals surface area (Å²) in [4.78, 5) is 12.5. The van der Waals surface area contributed by atoms with Crippen LogP contribution in [-0.2, 0) is 10.0 Å². The molecule has 7 nitrogen and oxygen atoms in total. The van der Waals surface area contributed by atoms with E-state index in [2.05, 4.69) is 30.8 Å². The monoisotopic (exact) mass is 624 g/mol. The number of hydrogen-bond acceptors (Lipinski definition) is 5. The number of fused-ring (bicyclic) bond motifs is 6. The van der Waals surface area contributed by atoms with E-state index in [4.69, 9.17) is 0 Å². The van der Waals surface area contributed by atoms with E-state index in [1.807, 2.05) is 24.3 Å². The summed E-state index contributed by atoms with van der Waals surface area (Å²) in [5, 5.41) is 26.9. The Morgan fingerprint density at radius 3 is 2.41 bits per heavy atom. The molecule has 0 saturated heterocycles. The fourth-order valence-electron chi connectivity index (χ4n) is 10.8. The van der Waals surface area contributed by atoms with Crippen molar-refractivity contribution in [3.8, 4) is 0 Å². The average Bonchev–Trinajstić information content (AvgIpc) is 3.33. The van der Waals surface area contributed by atoms with Crippen molar-refractivity contribution in [3.63, 3.8) is 0 Å². The van der Waals surface area contributed by atoms with E-state index in [1.165, 1.54) is 31.7 Å². The first-order valence-corrected chi connectivity index (χ1v) is 18.6. The van der Waals surface area contributed by atoms with E-state index in [0.29, 0.717) is 36.1 Å². The maximum absolute atomic E-state index is 12.8. The summed E-state index contributed by atoms with van der Waals surface area (Å²) in [6, 6.07) is 11.7. The summed E-state index contributed by atoms with van der Waals surface area (Å²) in [6.45, 7) is 7.63. The van der Waals surface area contributed by atoms with Crippen molar-refractivity contribution in [2.45, 2.75) is 109 Å². The maximum atomic E-state index is 12.8. The molecule has 4 aliphatic carbocycles. The highest BCUT2D eigenvalue weighted by Crippen LogP contribution is 2.69. The molecule has 0 aliphatic heterocycles. The Hall–Kier alpha value is -2.16. The Labute approximate surface area is 263 Å². The van der Waals surface area contributed by atoms with Crippen molar-refractivity contribution in [1.29, 1.82) is 0 Å². The van der Waals surface area contributed by atoms with Crippen molar-refractivity contribution in [2.75, 3.05) is 6.54 Å². The third-order valence-electron chi connectivity index (χ3n) is 13.1. The Bertz CT molecular complexity index is 1460. The Morgan fingerprint density at radius 2 is 1.64 bits per heavy atom. The summed E-state index contributed by atoms with van der Waals surface area (Å²) in [5.74, 6) is 2.75. The van der Waals surface area contributed by atoms with Crippen molar-refractivity contribution >= 4 is 26.8 Å². The molecule has 0 spiro atoms. The van der Waals surface area contributed by atoms with E-state index < -0.39 is 16.1 Å². The van der Waals surface area contributed by atoms with Crippen LogP contribution in [0.25, 0.3) is 10.8 Å². The highest BCUT2D eigenvalue weighted by Gasteiger charge is 2.64. The van der Waals surface area contributed by atoms with E-state index in [1.54, 1.807) is 12.1 Å². The number of urea groups is 1. The topological polar surface area (TPSA) is 116 Å². The largest absolute Gasteiger partial charge is 0.393 e. The molecular weight excluding hydrogens is 572 g/mol. The molecule has 44 heavy (non-hydrogen) atoms. The number of rotatable bonds is 8. The lowest BCUT2D eigenvalue weighted by Gasteiger charge is -2.64. The van der Waals surface area contributed by atoms with Crippen LogP contribution in [-0.4, -0.2) is 43.4 Å². The molecule has 0 heterocycles. The quantitative estimate of drug-likeness (QED) is 0.246. The molecule has 2 amide bonds. The molecule has 2 aromatic carbocycles. The summed E-state index contributed by atoms with van der Waals surface area (Å²) in [5.41, 5.74) is 0.452. The smallest absolute Gasteiger partial charge is 0.328 e. The zero-order valence-corrected chi connectivity index (χ0v) is 27.5. The molecular formula is C36H52N2O5S. The van der Waals surface area contributed by atoms with Crippen LogP contribution in [0.5, 0.6) is 0 Å². The van der Waals surface area contributed by atoms with Crippen molar-refractivity contribution in [2.24, 2.45) is 46.3 Å². The molecule has 10 atom stereocenters. The predicted octanol–water partition coefficient (Wildman–Crippen LogP) is 6.62. The van der Waals surface area contributed by atoms with Gasteiger partial charge in [-0.05, 0) is 127 Å². The van der Waals surface area contributed by atoms with Crippen LogP contribution in [0, 0.1) is 46.3 Å². The van der Waals surface area contributed by atoms with Gasteiger partial charge in [0.1, 0.15) is 0 Å². The van der Waals surface area contributed by atoms with Crippen molar-refractivity contribution < 1.29 is 23.4 Å². The number of benzene rings is 2. The minimum absolute atomic E-state index is 0.0732. The molecule has 1 unspecified atom stereocenters. The molecule has 4 N–H and O–H groups in total. The fourth-order valence-corrected chi connectivity index (χ4v) is 11.8. The molecule has 242 valence electrons. The molecule has 0 bridgehead atoms. The molecule has 0 radical (unpaired) electrons. The van der Waals surface area contributed by atoms with Gasteiger partial charge >= 0.3 is 6.03 Å². The fraction of sp³-hybridized carbons (Fsp3) is 0.694. The number of amides is 2. The first kappa shape index (κ1) is 31.8. The molecule has 8 heteroatoms. The predicted molar refractivity (Wildman–Crippen MR) is 173 cm³/mol. The van der Waals surface area contributed by atoms with Crippen LogP contribution in [0.1, 0.15) is 91.4 Å². The van der Waals surface area contributed by atoms with Gasteiger partial charge < -0.3 is 15.5 Å². The molecule has 6 rings (SSSR count). The number of carbonyl (C=O) groups excluding carboxylic acids is 1. The van der Waals surface area contributed by atoms with Gasteiger partial charge in [0.05, 0.1) is 17.1 Å². The molecule has 0 aromatic heterocycles. The second kappa shape index (κ2) is 12.2. The van der Waals surface area contributed by atoms with E-state index in [9.17, 15) is 23.4 Å².